The number of alkyl halides is 2. The summed E-state index contributed by atoms with van der Waals surface area (Å²) in [7, 11) is 0. The zero-order valence-corrected chi connectivity index (χ0v) is 10.3. The van der Waals surface area contributed by atoms with Crippen molar-refractivity contribution < 1.29 is 23.4 Å². The number of ether oxygens (including phenoxy) is 1. The zero-order chi connectivity index (χ0) is 13.3. The predicted octanol–water partition coefficient (Wildman–Crippen LogP) is 2.06. The molecule has 1 amide bonds. The number of carbonyl (C=O) groups excluding carboxylic acids is 1. The molecule has 0 bridgehead atoms. The molecule has 0 spiro atoms. The molecule has 6 heteroatoms. The lowest BCUT2D eigenvalue weighted by molar-refractivity contribution is -0.108. The summed E-state index contributed by atoms with van der Waals surface area (Å²) in [5.74, 6) is -3.09. The van der Waals surface area contributed by atoms with Crippen molar-refractivity contribution in [2.24, 2.45) is 0 Å². The molecule has 1 aliphatic carbocycles. The smallest absolute Gasteiger partial charge is 0.408 e. The molecular weight excluding hydrogens is 232 g/mol. The maximum absolute atomic E-state index is 13.5. The number of hydrogen-bond donors (Lipinski definition) is 2. The van der Waals surface area contributed by atoms with Crippen LogP contribution in [-0.2, 0) is 4.74 Å². The highest BCUT2D eigenvalue weighted by atomic mass is 19.3. The van der Waals surface area contributed by atoms with Crippen molar-refractivity contribution in [3.8, 4) is 0 Å². The third kappa shape index (κ3) is 4.11. The van der Waals surface area contributed by atoms with Crippen LogP contribution in [0.3, 0.4) is 0 Å². The number of nitrogens with one attached hydrogen (secondary N) is 1. The molecule has 1 rings (SSSR count). The van der Waals surface area contributed by atoms with Gasteiger partial charge in [0, 0.05) is 6.42 Å². The largest absolute Gasteiger partial charge is 0.444 e. The number of aliphatic hydroxyl groups excluding tert-OH is 1. The molecule has 2 atom stereocenters. The second-order valence-electron chi connectivity index (χ2n) is 5.34. The van der Waals surface area contributed by atoms with Crippen molar-refractivity contribution in [1.82, 2.24) is 5.32 Å². The van der Waals surface area contributed by atoms with Crippen LogP contribution in [0.1, 0.15) is 40.0 Å². The first-order valence-corrected chi connectivity index (χ1v) is 5.67. The van der Waals surface area contributed by atoms with Crippen LogP contribution >= 0.6 is 0 Å². The Morgan fingerprint density at radius 3 is 2.53 bits per heavy atom. The minimum Gasteiger partial charge on any atom is -0.444 e. The lowest BCUT2D eigenvalue weighted by atomic mass is 9.89. The van der Waals surface area contributed by atoms with E-state index in [0.717, 1.165) is 0 Å². The lowest BCUT2D eigenvalue weighted by Gasteiger charge is -2.35. The summed E-state index contributed by atoms with van der Waals surface area (Å²) in [6.45, 7) is 4.92. The van der Waals surface area contributed by atoms with Gasteiger partial charge in [0.2, 0.25) is 0 Å². The molecular formula is C11H19F2NO3. The van der Waals surface area contributed by atoms with Crippen molar-refractivity contribution >= 4 is 6.09 Å². The Labute approximate surface area is 99.3 Å². The highest BCUT2D eigenvalue weighted by Gasteiger charge is 2.47. The van der Waals surface area contributed by atoms with E-state index in [1.807, 2.05) is 0 Å². The van der Waals surface area contributed by atoms with Crippen LogP contribution in [0.15, 0.2) is 0 Å². The Hall–Kier alpha value is -0.910. The number of hydrogen-bond acceptors (Lipinski definition) is 3. The summed E-state index contributed by atoms with van der Waals surface area (Å²) in [6.07, 6.45) is -1.98. The minimum atomic E-state index is -3.09. The number of aliphatic hydroxyl groups is 1. The average molecular weight is 251 g/mol. The van der Waals surface area contributed by atoms with Crippen LogP contribution in [-0.4, -0.2) is 34.9 Å². The van der Waals surface area contributed by atoms with Crippen LogP contribution in [0.5, 0.6) is 0 Å². The van der Waals surface area contributed by atoms with E-state index in [1.54, 1.807) is 20.8 Å². The Balaban J connectivity index is 2.62. The molecule has 2 N–H and O–H groups in total. The van der Waals surface area contributed by atoms with E-state index in [0.29, 0.717) is 0 Å². The summed E-state index contributed by atoms with van der Waals surface area (Å²) in [5.41, 5.74) is -0.751. The summed E-state index contributed by atoms with van der Waals surface area (Å²) < 4.78 is 31.9. The van der Waals surface area contributed by atoms with Gasteiger partial charge in [-0.05, 0) is 33.6 Å². The van der Waals surface area contributed by atoms with Crippen LogP contribution in [0.2, 0.25) is 0 Å². The predicted molar refractivity (Wildman–Crippen MR) is 58.0 cm³/mol. The zero-order valence-electron chi connectivity index (χ0n) is 10.3. The third-order valence-electron chi connectivity index (χ3n) is 2.52. The molecule has 0 aliphatic heterocycles. The number of amides is 1. The number of alkyl carbamates (subject to hydrolysis) is 1. The average Bonchev–Trinajstić information content (AvgIpc) is 2.08. The van der Waals surface area contributed by atoms with Gasteiger partial charge in [0.05, 0.1) is 6.10 Å². The fraction of sp³-hybridized carbons (Fsp3) is 0.909. The second-order valence-corrected chi connectivity index (χ2v) is 5.34. The molecule has 0 aromatic carbocycles. The van der Waals surface area contributed by atoms with Crippen molar-refractivity contribution in [3.63, 3.8) is 0 Å². The van der Waals surface area contributed by atoms with E-state index in [1.165, 1.54) is 0 Å². The first-order valence-electron chi connectivity index (χ1n) is 5.67. The molecule has 0 heterocycles. The first-order chi connectivity index (χ1) is 7.62. The summed E-state index contributed by atoms with van der Waals surface area (Å²) >= 11 is 0. The first kappa shape index (κ1) is 14.2. The quantitative estimate of drug-likeness (QED) is 0.750. The van der Waals surface area contributed by atoms with Gasteiger partial charge in [-0.1, -0.05) is 0 Å². The number of halogens is 2. The fourth-order valence-electron chi connectivity index (χ4n) is 1.79. The van der Waals surface area contributed by atoms with Gasteiger partial charge in [0.25, 0.3) is 5.92 Å². The molecule has 4 nitrogen and oxygen atoms in total. The highest BCUT2D eigenvalue weighted by Crippen LogP contribution is 2.33. The van der Waals surface area contributed by atoms with E-state index in [-0.39, 0.29) is 19.3 Å². The van der Waals surface area contributed by atoms with Crippen LogP contribution in [0, 0.1) is 0 Å². The van der Waals surface area contributed by atoms with E-state index in [2.05, 4.69) is 5.32 Å². The minimum absolute atomic E-state index is 0.251. The van der Waals surface area contributed by atoms with Crippen LogP contribution in [0.4, 0.5) is 13.6 Å². The molecule has 1 saturated carbocycles. The van der Waals surface area contributed by atoms with E-state index in [4.69, 9.17) is 4.74 Å². The van der Waals surface area contributed by atoms with E-state index >= 15 is 0 Å². The normalized spacial score (nSPS) is 28.6. The summed E-state index contributed by atoms with van der Waals surface area (Å²) in [6, 6.07) is -1.56. The van der Waals surface area contributed by atoms with Crippen LogP contribution in [0.25, 0.3) is 0 Å². The third-order valence-corrected chi connectivity index (χ3v) is 2.52. The van der Waals surface area contributed by atoms with Crippen molar-refractivity contribution in [1.29, 1.82) is 0 Å². The molecule has 0 saturated heterocycles. The molecule has 0 aromatic heterocycles. The van der Waals surface area contributed by atoms with Crippen molar-refractivity contribution in [3.05, 3.63) is 0 Å². The summed E-state index contributed by atoms with van der Waals surface area (Å²) in [5, 5.41) is 11.6. The summed E-state index contributed by atoms with van der Waals surface area (Å²) in [4.78, 5) is 11.4. The van der Waals surface area contributed by atoms with E-state index < -0.39 is 29.8 Å². The topological polar surface area (TPSA) is 58.6 Å². The van der Waals surface area contributed by atoms with Gasteiger partial charge in [0.1, 0.15) is 11.6 Å². The molecule has 100 valence electrons. The molecule has 1 fully saturated rings. The van der Waals surface area contributed by atoms with Crippen molar-refractivity contribution in [2.75, 3.05) is 0 Å². The van der Waals surface area contributed by atoms with Crippen LogP contribution < -0.4 is 5.32 Å². The SMILES string of the molecule is CC(C)(C)OC(=O)N[C@@H]1[C@@H](O)CCCC1(F)F. The lowest BCUT2D eigenvalue weighted by Crippen LogP contribution is -2.57. The maximum Gasteiger partial charge on any atom is 0.408 e. The molecule has 0 radical (unpaired) electrons. The number of carbonyl (C=O) groups is 1. The molecule has 17 heavy (non-hydrogen) atoms. The maximum atomic E-state index is 13.5. The monoisotopic (exact) mass is 251 g/mol. The van der Waals surface area contributed by atoms with Gasteiger partial charge >= 0.3 is 6.09 Å². The fourth-order valence-corrected chi connectivity index (χ4v) is 1.79. The van der Waals surface area contributed by atoms with Gasteiger partial charge < -0.3 is 15.2 Å². The second kappa shape index (κ2) is 4.76. The molecule has 0 aromatic rings. The molecule has 1 aliphatic rings. The standard InChI is InChI=1S/C11H19F2NO3/c1-10(2,3)17-9(16)14-8-7(15)5-4-6-11(8,12)13/h7-8,15H,4-6H2,1-3H3,(H,14,16)/t7-,8+/m0/s1. The van der Waals surface area contributed by atoms with Crippen molar-refractivity contribution in [2.45, 2.75) is 63.7 Å². The Kier molecular flexibility index (Phi) is 3.96. The Morgan fingerprint density at radius 1 is 1.47 bits per heavy atom. The van der Waals surface area contributed by atoms with Gasteiger partial charge in [-0.25, -0.2) is 13.6 Å². The van der Waals surface area contributed by atoms with Gasteiger partial charge in [-0.2, -0.15) is 0 Å². The Morgan fingerprint density at radius 2 is 2.06 bits per heavy atom. The molecule has 0 unspecified atom stereocenters. The highest BCUT2D eigenvalue weighted by molar-refractivity contribution is 5.68. The van der Waals surface area contributed by atoms with Gasteiger partial charge in [-0.15, -0.1) is 0 Å². The number of rotatable bonds is 1. The van der Waals surface area contributed by atoms with E-state index in [9.17, 15) is 18.7 Å². The van der Waals surface area contributed by atoms with Gasteiger partial charge in [0.15, 0.2) is 0 Å². The van der Waals surface area contributed by atoms with Gasteiger partial charge in [-0.3, -0.25) is 0 Å². The Bertz CT molecular complexity index is 289.